The van der Waals surface area contributed by atoms with Gasteiger partial charge < -0.3 is 54.7 Å². The second-order valence-corrected chi connectivity index (χ2v) is 11.1. The summed E-state index contributed by atoms with van der Waals surface area (Å²) >= 11 is 0. The fraction of sp³-hybridized carbons (Fsp3) is 0.581. The van der Waals surface area contributed by atoms with Crippen molar-refractivity contribution in [3.8, 4) is 0 Å². The molecule has 16 nitrogen and oxygen atoms in total. The van der Waals surface area contributed by atoms with E-state index in [1.807, 2.05) is 6.92 Å². The first-order valence-corrected chi connectivity index (χ1v) is 16.0. The van der Waals surface area contributed by atoms with Crippen molar-refractivity contribution < 1.29 is 24.0 Å². The van der Waals surface area contributed by atoms with Crippen molar-refractivity contribution in [2.24, 2.45) is 38.7 Å². The lowest BCUT2D eigenvalue weighted by atomic mass is 10.0. The Hall–Kier alpha value is -4.73. The van der Waals surface area contributed by atoms with E-state index in [1.54, 1.807) is 30.3 Å². The molecular formula is C31H53N11O5. The van der Waals surface area contributed by atoms with Gasteiger partial charge in [0.1, 0.15) is 24.4 Å². The maximum absolute atomic E-state index is 13.6. The molecule has 0 fully saturated rings. The lowest BCUT2D eigenvalue weighted by Gasteiger charge is -2.26. The summed E-state index contributed by atoms with van der Waals surface area (Å²) in [7, 11) is 0. The number of unbranched alkanes of at least 4 members (excludes halogenated alkanes) is 2. The number of nitrogens with two attached hydrogens (primary N) is 5. The number of carbonyl (C=O) groups is 5. The number of hydrogen-bond donors (Lipinski definition) is 9. The highest BCUT2D eigenvalue weighted by atomic mass is 16.2. The summed E-state index contributed by atoms with van der Waals surface area (Å²) < 4.78 is 0. The Bertz CT molecular complexity index is 1170. The molecule has 16 heteroatoms. The fourth-order valence-electron chi connectivity index (χ4n) is 4.56. The highest BCUT2D eigenvalue weighted by Gasteiger charge is 2.30. The van der Waals surface area contributed by atoms with Gasteiger partial charge in [-0.25, -0.2) is 0 Å². The van der Waals surface area contributed by atoms with Gasteiger partial charge in [-0.3, -0.25) is 29.2 Å². The lowest BCUT2D eigenvalue weighted by molar-refractivity contribution is -0.133. The standard InChI is InChI=1S/C31H53N11O5/c1-2-3-14-23(40-26(44)21-11-5-4-6-12-21)28(46)41-24(15-7-8-17-32)29(47)42-25(16-10-19-38-31(35)36)27(45)39-22(20-43)13-9-18-37-30(33)34/h4-6,11-12,20,22-25H,2-3,7-10,13-19,32H2,1H3,(H,39,45)(H,40,44)(H,41,46)(H,42,47)(H4,33,34,37)(H4,35,36,38)/t22-,23+,24+,25+/m1/s1. The van der Waals surface area contributed by atoms with E-state index < -0.39 is 47.8 Å². The van der Waals surface area contributed by atoms with Crippen LogP contribution in [0.15, 0.2) is 40.3 Å². The third-order valence-corrected chi connectivity index (χ3v) is 7.12. The van der Waals surface area contributed by atoms with Crippen LogP contribution in [0.5, 0.6) is 0 Å². The van der Waals surface area contributed by atoms with Crippen molar-refractivity contribution in [1.82, 2.24) is 21.3 Å². The van der Waals surface area contributed by atoms with Crippen LogP contribution < -0.4 is 49.9 Å². The van der Waals surface area contributed by atoms with E-state index >= 15 is 0 Å². The summed E-state index contributed by atoms with van der Waals surface area (Å²) in [5, 5.41) is 10.9. The monoisotopic (exact) mass is 659 g/mol. The predicted octanol–water partition coefficient (Wildman–Crippen LogP) is -1.14. The highest BCUT2D eigenvalue weighted by molar-refractivity contribution is 5.98. The Morgan fingerprint density at radius 3 is 1.68 bits per heavy atom. The van der Waals surface area contributed by atoms with Crippen molar-refractivity contribution >= 4 is 41.8 Å². The van der Waals surface area contributed by atoms with E-state index in [1.165, 1.54) is 0 Å². The number of nitrogens with one attached hydrogen (secondary N) is 4. The normalized spacial score (nSPS) is 13.1. The van der Waals surface area contributed by atoms with Crippen molar-refractivity contribution in [3.05, 3.63) is 35.9 Å². The summed E-state index contributed by atoms with van der Waals surface area (Å²) in [4.78, 5) is 72.8. The molecule has 0 bridgehead atoms. The van der Waals surface area contributed by atoms with Crippen LogP contribution in [-0.2, 0) is 19.2 Å². The van der Waals surface area contributed by atoms with Crippen LogP contribution >= 0.6 is 0 Å². The maximum atomic E-state index is 13.6. The first-order chi connectivity index (χ1) is 22.5. The van der Waals surface area contributed by atoms with Gasteiger partial charge in [0.2, 0.25) is 17.7 Å². The van der Waals surface area contributed by atoms with Crippen molar-refractivity contribution in [1.29, 1.82) is 0 Å². The molecule has 0 aliphatic heterocycles. The van der Waals surface area contributed by atoms with E-state index in [9.17, 15) is 24.0 Å². The minimum absolute atomic E-state index is 0.0800. The molecule has 0 aromatic heterocycles. The maximum Gasteiger partial charge on any atom is 0.251 e. The molecule has 47 heavy (non-hydrogen) atoms. The van der Waals surface area contributed by atoms with Crippen LogP contribution in [0.25, 0.3) is 0 Å². The molecule has 14 N–H and O–H groups in total. The molecular weight excluding hydrogens is 606 g/mol. The number of aldehydes is 1. The van der Waals surface area contributed by atoms with E-state index in [0.29, 0.717) is 56.9 Å². The molecule has 1 aromatic rings. The van der Waals surface area contributed by atoms with E-state index in [4.69, 9.17) is 28.7 Å². The van der Waals surface area contributed by atoms with E-state index in [0.717, 1.165) is 6.42 Å². The summed E-state index contributed by atoms with van der Waals surface area (Å²) in [6, 6.07) is 4.69. The Labute approximate surface area is 276 Å². The van der Waals surface area contributed by atoms with Crippen molar-refractivity contribution in [2.45, 2.75) is 95.3 Å². The minimum atomic E-state index is -1.07. The molecule has 0 spiro atoms. The van der Waals surface area contributed by atoms with Crippen LogP contribution in [0.3, 0.4) is 0 Å². The van der Waals surface area contributed by atoms with Gasteiger partial charge in [-0.1, -0.05) is 38.0 Å². The smallest absolute Gasteiger partial charge is 0.251 e. The number of amides is 4. The summed E-state index contributed by atoms with van der Waals surface area (Å²) in [6.45, 7) is 2.83. The largest absolute Gasteiger partial charge is 0.370 e. The number of nitrogens with zero attached hydrogens (tertiary/aromatic N) is 2. The predicted molar refractivity (Wildman–Crippen MR) is 182 cm³/mol. The van der Waals surface area contributed by atoms with Crippen LogP contribution in [0.4, 0.5) is 0 Å². The number of benzene rings is 1. The van der Waals surface area contributed by atoms with Gasteiger partial charge in [0.15, 0.2) is 11.9 Å². The zero-order valence-electron chi connectivity index (χ0n) is 27.3. The van der Waals surface area contributed by atoms with E-state index in [2.05, 4.69) is 31.3 Å². The SMILES string of the molecule is CCCC[C@H](NC(=O)c1ccccc1)C(=O)N[C@@H](CCCCN)C(=O)N[C@@H](CCCN=C(N)N)C(=O)N[C@@H](C=O)CCCN=C(N)N. The fourth-order valence-corrected chi connectivity index (χ4v) is 4.56. The Morgan fingerprint density at radius 2 is 1.17 bits per heavy atom. The molecule has 0 radical (unpaired) electrons. The molecule has 0 saturated carbocycles. The second-order valence-electron chi connectivity index (χ2n) is 11.1. The quantitative estimate of drug-likeness (QED) is 0.0278. The average Bonchev–Trinajstić information content (AvgIpc) is 3.05. The van der Waals surface area contributed by atoms with Gasteiger partial charge in [-0.05, 0) is 70.0 Å². The number of rotatable bonds is 24. The summed E-state index contributed by atoms with van der Waals surface area (Å²) in [6.07, 6.45) is 4.97. The molecule has 0 aliphatic rings. The Morgan fingerprint density at radius 1 is 0.681 bits per heavy atom. The van der Waals surface area contributed by atoms with Crippen molar-refractivity contribution in [3.63, 3.8) is 0 Å². The molecule has 0 heterocycles. The molecule has 0 aliphatic carbocycles. The topological polar surface area (TPSA) is 288 Å². The third-order valence-electron chi connectivity index (χ3n) is 7.12. The van der Waals surface area contributed by atoms with Crippen LogP contribution in [0, 0.1) is 0 Å². The van der Waals surface area contributed by atoms with Gasteiger partial charge in [0.25, 0.3) is 5.91 Å². The number of carbonyl (C=O) groups excluding carboxylic acids is 5. The lowest BCUT2D eigenvalue weighted by Crippen LogP contribution is -2.57. The van der Waals surface area contributed by atoms with Gasteiger partial charge >= 0.3 is 0 Å². The average molecular weight is 660 g/mol. The first-order valence-electron chi connectivity index (χ1n) is 16.0. The molecule has 1 rings (SSSR count). The summed E-state index contributed by atoms with van der Waals surface area (Å²) in [5.41, 5.74) is 27.6. The molecule has 4 atom stereocenters. The molecule has 1 aromatic carbocycles. The van der Waals surface area contributed by atoms with E-state index in [-0.39, 0.29) is 44.3 Å². The van der Waals surface area contributed by atoms with Gasteiger partial charge in [-0.15, -0.1) is 0 Å². The zero-order chi connectivity index (χ0) is 35.0. The van der Waals surface area contributed by atoms with Crippen LogP contribution in [-0.4, -0.2) is 85.6 Å². The summed E-state index contributed by atoms with van der Waals surface area (Å²) in [5.74, 6) is -2.32. The second kappa shape index (κ2) is 23.6. The van der Waals surface area contributed by atoms with Crippen molar-refractivity contribution in [2.75, 3.05) is 19.6 Å². The first kappa shape index (κ1) is 40.3. The molecule has 0 unspecified atom stereocenters. The highest BCUT2D eigenvalue weighted by Crippen LogP contribution is 2.09. The molecule has 4 amide bonds. The number of hydrogen-bond acceptors (Lipinski definition) is 8. The Kier molecular flexibility index (Phi) is 20.2. The Balaban J connectivity index is 3.13. The number of aliphatic imine (C=N–C) groups is 2. The van der Waals surface area contributed by atoms with Gasteiger partial charge in [-0.2, -0.15) is 0 Å². The van der Waals surface area contributed by atoms with Crippen LogP contribution in [0.1, 0.15) is 81.5 Å². The zero-order valence-corrected chi connectivity index (χ0v) is 27.3. The molecule has 262 valence electrons. The molecule has 0 saturated heterocycles. The van der Waals surface area contributed by atoms with Crippen LogP contribution in [0.2, 0.25) is 0 Å². The minimum Gasteiger partial charge on any atom is -0.370 e. The van der Waals surface area contributed by atoms with Gasteiger partial charge in [0.05, 0.1) is 6.04 Å². The number of guanidine groups is 2. The van der Waals surface area contributed by atoms with Gasteiger partial charge in [0, 0.05) is 18.7 Å². The third kappa shape index (κ3) is 17.5.